The third-order valence-corrected chi connectivity index (χ3v) is 3.71. The summed E-state index contributed by atoms with van der Waals surface area (Å²) >= 11 is 0. The number of carbonyl (C=O) groups excluding carboxylic acids is 2. The Morgan fingerprint density at radius 3 is 2.82 bits per heavy atom. The zero-order valence-electron chi connectivity index (χ0n) is 10.4. The molecule has 5 nitrogen and oxygen atoms in total. The lowest BCUT2D eigenvalue weighted by Crippen LogP contribution is -2.48. The maximum atomic E-state index is 12.2. The predicted octanol–water partition coefficient (Wildman–Crippen LogP) is -0.195. The van der Waals surface area contributed by atoms with Crippen molar-refractivity contribution in [3.63, 3.8) is 0 Å². The molecule has 0 aromatic carbocycles. The van der Waals surface area contributed by atoms with Crippen molar-refractivity contribution in [2.75, 3.05) is 26.2 Å². The van der Waals surface area contributed by atoms with Gasteiger partial charge in [0.2, 0.25) is 11.8 Å². The molecular formula is C12H21N3O2. The second kappa shape index (κ2) is 5.04. The molecule has 0 spiro atoms. The smallest absolute Gasteiger partial charge is 0.228 e. The van der Waals surface area contributed by atoms with Gasteiger partial charge >= 0.3 is 0 Å². The number of hydrogen-bond acceptors (Lipinski definition) is 3. The van der Waals surface area contributed by atoms with Crippen molar-refractivity contribution in [1.29, 1.82) is 0 Å². The van der Waals surface area contributed by atoms with Gasteiger partial charge in [-0.15, -0.1) is 0 Å². The third kappa shape index (κ3) is 2.60. The molecule has 0 aromatic heterocycles. The highest BCUT2D eigenvalue weighted by molar-refractivity contribution is 5.89. The van der Waals surface area contributed by atoms with Gasteiger partial charge in [0.15, 0.2) is 0 Å². The highest BCUT2D eigenvalue weighted by Crippen LogP contribution is 2.21. The van der Waals surface area contributed by atoms with E-state index < -0.39 is 0 Å². The minimum Gasteiger partial charge on any atom is -0.342 e. The SMILES string of the molecule is CCN1C[C@@H](C(=O)N2CCC[C@H](N)C2)CC1=O. The van der Waals surface area contributed by atoms with E-state index in [1.807, 2.05) is 11.8 Å². The number of nitrogens with zero attached hydrogens (tertiary/aromatic N) is 2. The van der Waals surface area contributed by atoms with Crippen molar-refractivity contribution in [2.24, 2.45) is 11.7 Å². The number of piperidine rings is 1. The van der Waals surface area contributed by atoms with E-state index in [0.717, 1.165) is 19.4 Å². The topological polar surface area (TPSA) is 66.6 Å². The number of nitrogens with two attached hydrogens (primary N) is 1. The molecule has 2 saturated heterocycles. The van der Waals surface area contributed by atoms with Gasteiger partial charge in [0, 0.05) is 38.6 Å². The lowest BCUT2D eigenvalue weighted by Gasteiger charge is -2.32. The molecule has 2 aliphatic heterocycles. The fourth-order valence-electron chi connectivity index (χ4n) is 2.71. The summed E-state index contributed by atoms with van der Waals surface area (Å²) in [6.45, 7) is 4.67. The molecule has 2 atom stereocenters. The van der Waals surface area contributed by atoms with Gasteiger partial charge < -0.3 is 15.5 Å². The number of amides is 2. The van der Waals surface area contributed by atoms with E-state index in [1.54, 1.807) is 4.90 Å². The van der Waals surface area contributed by atoms with E-state index in [-0.39, 0.29) is 23.8 Å². The summed E-state index contributed by atoms with van der Waals surface area (Å²) in [6, 6.07) is 0.104. The lowest BCUT2D eigenvalue weighted by atomic mass is 10.0. The van der Waals surface area contributed by atoms with Crippen LogP contribution in [0.25, 0.3) is 0 Å². The van der Waals surface area contributed by atoms with Gasteiger partial charge in [0.25, 0.3) is 0 Å². The van der Waals surface area contributed by atoms with Crippen molar-refractivity contribution in [2.45, 2.75) is 32.2 Å². The summed E-state index contributed by atoms with van der Waals surface area (Å²) in [5.41, 5.74) is 5.87. The molecule has 2 fully saturated rings. The van der Waals surface area contributed by atoms with E-state index in [9.17, 15) is 9.59 Å². The van der Waals surface area contributed by atoms with Gasteiger partial charge in [-0.25, -0.2) is 0 Å². The highest BCUT2D eigenvalue weighted by atomic mass is 16.2. The van der Waals surface area contributed by atoms with E-state index >= 15 is 0 Å². The molecule has 2 amide bonds. The van der Waals surface area contributed by atoms with Crippen molar-refractivity contribution in [3.05, 3.63) is 0 Å². The molecular weight excluding hydrogens is 218 g/mol. The minimum absolute atomic E-state index is 0.104. The van der Waals surface area contributed by atoms with Gasteiger partial charge in [-0.05, 0) is 19.8 Å². The summed E-state index contributed by atoms with van der Waals surface area (Å²) in [7, 11) is 0. The Bertz CT molecular complexity index is 319. The van der Waals surface area contributed by atoms with E-state index in [0.29, 0.717) is 26.1 Å². The molecule has 2 N–H and O–H groups in total. The number of hydrogen-bond donors (Lipinski definition) is 1. The van der Waals surface area contributed by atoms with Crippen LogP contribution in [0.15, 0.2) is 0 Å². The zero-order valence-corrected chi connectivity index (χ0v) is 10.4. The van der Waals surface area contributed by atoms with E-state index in [2.05, 4.69) is 0 Å². The fraction of sp³-hybridized carbons (Fsp3) is 0.833. The summed E-state index contributed by atoms with van der Waals surface area (Å²) in [4.78, 5) is 27.4. The Morgan fingerprint density at radius 2 is 2.24 bits per heavy atom. The summed E-state index contributed by atoms with van der Waals surface area (Å²) < 4.78 is 0. The third-order valence-electron chi connectivity index (χ3n) is 3.71. The van der Waals surface area contributed by atoms with Crippen LogP contribution in [0.1, 0.15) is 26.2 Å². The normalized spacial score (nSPS) is 29.9. The largest absolute Gasteiger partial charge is 0.342 e. The van der Waals surface area contributed by atoms with Crippen LogP contribution < -0.4 is 5.73 Å². The molecule has 0 aliphatic carbocycles. The molecule has 0 saturated carbocycles. The molecule has 2 aliphatic rings. The Balaban J connectivity index is 1.94. The standard InChI is InChI=1S/C12H21N3O2/c1-2-14-7-9(6-11(14)16)12(17)15-5-3-4-10(13)8-15/h9-10H,2-8,13H2,1H3/t9-,10-/m0/s1. The molecule has 0 aromatic rings. The number of carbonyl (C=O) groups is 2. The van der Waals surface area contributed by atoms with Crippen molar-refractivity contribution in [1.82, 2.24) is 9.80 Å². The average molecular weight is 239 g/mol. The van der Waals surface area contributed by atoms with Crippen molar-refractivity contribution < 1.29 is 9.59 Å². The van der Waals surface area contributed by atoms with Crippen molar-refractivity contribution >= 4 is 11.8 Å². The Morgan fingerprint density at radius 1 is 1.47 bits per heavy atom. The Kier molecular flexibility index (Phi) is 3.66. The van der Waals surface area contributed by atoms with Crippen LogP contribution in [-0.2, 0) is 9.59 Å². The summed E-state index contributed by atoms with van der Waals surface area (Å²) in [5, 5.41) is 0. The molecule has 0 unspecified atom stereocenters. The first-order chi connectivity index (χ1) is 8.11. The van der Waals surface area contributed by atoms with Gasteiger partial charge in [-0.1, -0.05) is 0 Å². The quantitative estimate of drug-likeness (QED) is 0.726. The predicted molar refractivity (Wildman–Crippen MR) is 64.2 cm³/mol. The number of likely N-dealkylation sites (tertiary alicyclic amines) is 2. The van der Waals surface area contributed by atoms with Crippen LogP contribution >= 0.6 is 0 Å². The maximum Gasteiger partial charge on any atom is 0.228 e. The molecule has 5 heteroatoms. The van der Waals surface area contributed by atoms with Gasteiger partial charge in [-0.2, -0.15) is 0 Å². The van der Waals surface area contributed by atoms with Crippen LogP contribution in [0.2, 0.25) is 0 Å². The van der Waals surface area contributed by atoms with Crippen LogP contribution in [0.5, 0.6) is 0 Å². The molecule has 0 bridgehead atoms. The molecule has 0 radical (unpaired) electrons. The molecule has 96 valence electrons. The first kappa shape index (κ1) is 12.4. The molecule has 2 rings (SSSR count). The van der Waals surface area contributed by atoms with Crippen LogP contribution in [0.3, 0.4) is 0 Å². The second-order valence-corrected chi connectivity index (χ2v) is 5.02. The highest BCUT2D eigenvalue weighted by Gasteiger charge is 2.36. The fourth-order valence-corrected chi connectivity index (χ4v) is 2.71. The van der Waals surface area contributed by atoms with E-state index in [1.165, 1.54) is 0 Å². The van der Waals surface area contributed by atoms with Crippen LogP contribution in [0, 0.1) is 5.92 Å². The maximum absolute atomic E-state index is 12.2. The first-order valence-corrected chi connectivity index (χ1v) is 6.44. The Hall–Kier alpha value is -1.10. The summed E-state index contributed by atoms with van der Waals surface area (Å²) in [5.74, 6) is 0.0735. The second-order valence-electron chi connectivity index (χ2n) is 5.02. The molecule has 2 heterocycles. The van der Waals surface area contributed by atoms with Crippen LogP contribution in [0.4, 0.5) is 0 Å². The number of rotatable bonds is 2. The lowest BCUT2D eigenvalue weighted by molar-refractivity contribution is -0.137. The molecule has 17 heavy (non-hydrogen) atoms. The Labute approximate surface area is 102 Å². The van der Waals surface area contributed by atoms with Crippen LogP contribution in [-0.4, -0.2) is 53.8 Å². The van der Waals surface area contributed by atoms with E-state index in [4.69, 9.17) is 5.73 Å². The summed E-state index contributed by atoms with van der Waals surface area (Å²) in [6.07, 6.45) is 2.35. The zero-order chi connectivity index (χ0) is 12.4. The van der Waals surface area contributed by atoms with Gasteiger partial charge in [0.05, 0.1) is 5.92 Å². The minimum atomic E-state index is -0.146. The van der Waals surface area contributed by atoms with Gasteiger partial charge in [0.1, 0.15) is 0 Å². The first-order valence-electron chi connectivity index (χ1n) is 6.44. The monoisotopic (exact) mass is 239 g/mol. The average Bonchev–Trinajstić information content (AvgIpc) is 2.69. The van der Waals surface area contributed by atoms with Gasteiger partial charge in [-0.3, -0.25) is 9.59 Å². The van der Waals surface area contributed by atoms with Crippen molar-refractivity contribution in [3.8, 4) is 0 Å².